The fourth-order valence-electron chi connectivity index (χ4n) is 2.55. The molecule has 2 unspecified atom stereocenters. The highest BCUT2D eigenvalue weighted by atomic mass is 79.9. The van der Waals surface area contributed by atoms with Gasteiger partial charge in [-0.3, -0.25) is 0 Å². The quantitative estimate of drug-likeness (QED) is 0.891. The monoisotopic (exact) mass is 329 g/mol. The molecular formula is C14H20BrNO3. The number of piperidine rings is 1. The Bertz CT molecular complexity index is 433. The van der Waals surface area contributed by atoms with Gasteiger partial charge in [0.1, 0.15) is 16.0 Å². The summed E-state index contributed by atoms with van der Waals surface area (Å²) in [6.07, 6.45) is 1.60. The zero-order chi connectivity index (χ0) is 13.8. The minimum Gasteiger partial charge on any atom is -0.495 e. The first kappa shape index (κ1) is 14.6. The molecule has 0 aliphatic carbocycles. The zero-order valence-corrected chi connectivity index (χ0v) is 12.9. The van der Waals surface area contributed by atoms with Gasteiger partial charge in [-0.2, -0.15) is 0 Å². The lowest BCUT2D eigenvalue weighted by Crippen LogP contribution is -2.33. The molecule has 1 aliphatic heterocycles. The molecule has 106 valence electrons. The van der Waals surface area contributed by atoms with Gasteiger partial charge >= 0.3 is 0 Å². The van der Waals surface area contributed by atoms with Crippen molar-refractivity contribution in [2.75, 3.05) is 27.3 Å². The summed E-state index contributed by atoms with van der Waals surface area (Å²) in [7, 11) is 3.22. The van der Waals surface area contributed by atoms with Gasteiger partial charge in [-0.1, -0.05) is 0 Å². The Morgan fingerprint density at radius 1 is 1.37 bits per heavy atom. The van der Waals surface area contributed by atoms with Gasteiger partial charge in [0, 0.05) is 18.0 Å². The average Bonchev–Trinajstić information content (AvgIpc) is 2.47. The van der Waals surface area contributed by atoms with Gasteiger partial charge in [0.25, 0.3) is 0 Å². The van der Waals surface area contributed by atoms with Crippen molar-refractivity contribution in [2.24, 2.45) is 5.92 Å². The van der Waals surface area contributed by atoms with Crippen molar-refractivity contribution in [3.63, 3.8) is 0 Å². The van der Waals surface area contributed by atoms with Gasteiger partial charge in [-0.25, -0.2) is 0 Å². The molecule has 5 heteroatoms. The summed E-state index contributed by atoms with van der Waals surface area (Å²) < 4.78 is 11.4. The lowest BCUT2D eigenvalue weighted by atomic mass is 9.89. The van der Waals surface area contributed by atoms with Crippen LogP contribution in [0.5, 0.6) is 11.5 Å². The standard InChI is InChI=1S/C14H20BrNO3/c1-18-11-6-5-10(14(19-2)12(11)15)13(17)9-4-3-7-16-8-9/h5-6,9,13,16-17H,3-4,7-8H2,1-2H3. The van der Waals surface area contributed by atoms with E-state index in [2.05, 4.69) is 21.2 Å². The fourth-order valence-corrected chi connectivity index (χ4v) is 3.24. The predicted molar refractivity (Wildman–Crippen MR) is 77.8 cm³/mol. The molecule has 2 N–H and O–H groups in total. The largest absolute Gasteiger partial charge is 0.495 e. The second kappa shape index (κ2) is 6.59. The smallest absolute Gasteiger partial charge is 0.142 e. The Balaban J connectivity index is 2.30. The molecule has 2 atom stereocenters. The highest BCUT2D eigenvalue weighted by molar-refractivity contribution is 9.10. The van der Waals surface area contributed by atoms with E-state index in [4.69, 9.17) is 9.47 Å². The van der Waals surface area contributed by atoms with Crippen molar-refractivity contribution >= 4 is 15.9 Å². The van der Waals surface area contributed by atoms with Gasteiger partial charge in [-0.15, -0.1) is 0 Å². The van der Waals surface area contributed by atoms with Gasteiger partial charge in [0.05, 0.1) is 20.3 Å². The van der Waals surface area contributed by atoms with Crippen LogP contribution in [-0.4, -0.2) is 32.4 Å². The zero-order valence-electron chi connectivity index (χ0n) is 11.3. The van der Waals surface area contributed by atoms with Crippen LogP contribution in [-0.2, 0) is 0 Å². The van der Waals surface area contributed by atoms with E-state index >= 15 is 0 Å². The lowest BCUT2D eigenvalue weighted by Gasteiger charge is -2.28. The molecule has 1 saturated heterocycles. The first-order valence-electron chi connectivity index (χ1n) is 6.48. The summed E-state index contributed by atoms with van der Waals surface area (Å²) in [6.45, 7) is 1.88. The number of rotatable bonds is 4. The maximum absolute atomic E-state index is 10.6. The van der Waals surface area contributed by atoms with E-state index in [0.717, 1.165) is 36.0 Å². The predicted octanol–water partition coefficient (Wildman–Crippen LogP) is 2.50. The Labute approximate surface area is 122 Å². The molecule has 1 aromatic rings. The summed E-state index contributed by atoms with van der Waals surface area (Å²) in [4.78, 5) is 0. The van der Waals surface area contributed by atoms with Crippen molar-refractivity contribution in [3.8, 4) is 11.5 Å². The first-order valence-corrected chi connectivity index (χ1v) is 7.27. The maximum atomic E-state index is 10.6. The molecule has 1 aromatic carbocycles. The number of aliphatic hydroxyl groups excluding tert-OH is 1. The van der Waals surface area contributed by atoms with Crippen LogP contribution in [0.15, 0.2) is 16.6 Å². The summed E-state index contributed by atoms with van der Waals surface area (Å²) >= 11 is 3.47. The number of halogens is 1. The van der Waals surface area contributed by atoms with Crippen molar-refractivity contribution < 1.29 is 14.6 Å². The number of nitrogens with one attached hydrogen (secondary N) is 1. The summed E-state index contributed by atoms with van der Waals surface area (Å²) in [6, 6.07) is 3.73. The van der Waals surface area contributed by atoms with E-state index in [0.29, 0.717) is 11.5 Å². The van der Waals surface area contributed by atoms with Crippen molar-refractivity contribution in [1.82, 2.24) is 5.32 Å². The second-order valence-corrected chi connectivity index (χ2v) is 5.55. The Morgan fingerprint density at radius 2 is 2.16 bits per heavy atom. The molecule has 0 spiro atoms. The third-order valence-electron chi connectivity index (χ3n) is 3.62. The fraction of sp³-hybridized carbons (Fsp3) is 0.571. The lowest BCUT2D eigenvalue weighted by molar-refractivity contribution is 0.0895. The van der Waals surface area contributed by atoms with E-state index in [1.54, 1.807) is 14.2 Å². The van der Waals surface area contributed by atoms with Gasteiger partial charge in [-0.05, 0) is 47.4 Å². The van der Waals surface area contributed by atoms with Crippen LogP contribution in [0.1, 0.15) is 24.5 Å². The molecule has 0 bridgehead atoms. The summed E-state index contributed by atoms with van der Waals surface area (Å²) in [5.74, 6) is 1.58. The van der Waals surface area contributed by atoms with E-state index in [-0.39, 0.29) is 5.92 Å². The molecule has 1 aliphatic rings. The highest BCUT2D eigenvalue weighted by Gasteiger charge is 2.27. The maximum Gasteiger partial charge on any atom is 0.142 e. The number of aliphatic hydroxyl groups is 1. The molecule has 4 nitrogen and oxygen atoms in total. The van der Waals surface area contributed by atoms with Crippen LogP contribution in [0, 0.1) is 5.92 Å². The van der Waals surface area contributed by atoms with Gasteiger partial charge in [0.2, 0.25) is 0 Å². The number of ether oxygens (including phenoxy) is 2. The Morgan fingerprint density at radius 3 is 2.74 bits per heavy atom. The number of methoxy groups -OCH3 is 2. The number of benzene rings is 1. The van der Waals surface area contributed by atoms with Crippen LogP contribution < -0.4 is 14.8 Å². The third-order valence-corrected chi connectivity index (χ3v) is 4.37. The molecular weight excluding hydrogens is 310 g/mol. The topological polar surface area (TPSA) is 50.7 Å². The van der Waals surface area contributed by atoms with Crippen LogP contribution in [0.3, 0.4) is 0 Å². The molecule has 19 heavy (non-hydrogen) atoms. The van der Waals surface area contributed by atoms with E-state index in [1.165, 1.54) is 0 Å². The Hall–Kier alpha value is -0.780. The second-order valence-electron chi connectivity index (χ2n) is 4.76. The first-order chi connectivity index (χ1) is 9.19. The molecule has 1 heterocycles. The highest BCUT2D eigenvalue weighted by Crippen LogP contribution is 2.42. The molecule has 0 amide bonds. The normalized spacial score (nSPS) is 20.9. The SMILES string of the molecule is COc1ccc(C(O)C2CCCNC2)c(OC)c1Br. The Kier molecular flexibility index (Phi) is 5.07. The van der Waals surface area contributed by atoms with Crippen molar-refractivity contribution in [3.05, 3.63) is 22.2 Å². The summed E-state index contributed by atoms with van der Waals surface area (Å²) in [5, 5.41) is 13.9. The summed E-state index contributed by atoms with van der Waals surface area (Å²) in [5.41, 5.74) is 0.809. The minimum atomic E-state index is -0.523. The van der Waals surface area contributed by atoms with E-state index < -0.39 is 6.10 Å². The van der Waals surface area contributed by atoms with Crippen molar-refractivity contribution in [1.29, 1.82) is 0 Å². The van der Waals surface area contributed by atoms with E-state index in [9.17, 15) is 5.11 Å². The molecule has 0 aromatic heterocycles. The average molecular weight is 330 g/mol. The van der Waals surface area contributed by atoms with Gasteiger partial charge in [0.15, 0.2) is 0 Å². The van der Waals surface area contributed by atoms with Crippen LogP contribution in [0.4, 0.5) is 0 Å². The molecule has 1 fully saturated rings. The number of hydrogen-bond acceptors (Lipinski definition) is 4. The van der Waals surface area contributed by atoms with Gasteiger partial charge < -0.3 is 19.9 Å². The van der Waals surface area contributed by atoms with E-state index in [1.807, 2.05) is 12.1 Å². The third kappa shape index (κ3) is 3.04. The van der Waals surface area contributed by atoms with Crippen molar-refractivity contribution in [2.45, 2.75) is 18.9 Å². The molecule has 2 rings (SSSR count). The van der Waals surface area contributed by atoms with Crippen LogP contribution in [0.2, 0.25) is 0 Å². The van der Waals surface area contributed by atoms with Crippen LogP contribution >= 0.6 is 15.9 Å². The molecule has 0 saturated carbocycles. The minimum absolute atomic E-state index is 0.225. The number of hydrogen-bond donors (Lipinski definition) is 2. The molecule has 0 radical (unpaired) electrons. The van der Waals surface area contributed by atoms with Crippen LogP contribution in [0.25, 0.3) is 0 Å².